The fourth-order valence-corrected chi connectivity index (χ4v) is 3.36. The highest BCUT2D eigenvalue weighted by Crippen LogP contribution is 2.28. The Morgan fingerprint density at radius 1 is 1.27 bits per heavy atom. The van der Waals surface area contributed by atoms with Crippen LogP contribution in [0.2, 0.25) is 0 Å². The molecule has 4 heterocycles. The first-order valence-corrected chi connectivity index (χ1v) is 10.6. The standard InChI is InChI=1S/C21H25FN8O3/c1-12(2)18-28-21(33-29-18)30-6-4-13(5-7-30)32-20-14(9-23)19(25-11-26-20)27-16-10-24-17(31-3)8-15(16)22/h8-13,23H,4-7H2,1-3H3,(H,25,26,27). The van der Waals surface area contributed by atoms with E-state index in [2.05, 4.69) is 30.4 Å². The average Bonchev–Trinajstić information content (AvgIpc) is 3.32. The van der Waals surface area contributed by atoms with E-state index in [0.717, 1.165) is 12.3 Å². The molecular formula is C21H25FN8O3. The van der Waals surface area contributed by atoms with E-state index in [1.165, 1.54) is 19.6 Å². The van der Waals surface area contributed by atoms with E-state index in [9.17, 15) is 4.39 Å². The van der Waals surface area contributed by atoms with Crippen LogP contribution in [-0.4, -0.2) is 57.6 Å². The van der Waals surface area contributed by atoms with Crippen molar-refractivity contribution >= 4 is 23.7 Å². The molecule has 2 N–H and O–H groups in total. The normalized spacial score (nSPS) is 14.4. The summed E-state index contributed by atoms with van der Waals surface area (Å²) in [5, 5.41) is 14.7. The Kier molecular flexibility index (Phi) is 6.61. The molecule has 33 heavy (non-hydrogen) atoms. The second kappa shape index (κ2) is 9.76. The van der Waals surface area contributed by atoms with Gasteiger partial charge in [0.2, 0.25) is 11.8 Å². The van der Waals surface area contributed by atoms with Gasteiger partial charge in [0, 0.05) is 44.1 Å². The van der Waals surface area contributed by atoms with Gasteiger partial charge in [0.1, 0.15) is 18.2 Å². The van der Waals surface area contributed by atoms with Gasteiger partial charge in [0.15, 0.2) is 11.6 Å². The number of ether oxygens (including phenoxy) is 2. The lowest BCUT2D eigenvalue weighted by Gasteiger charge is -2.30. The molecule has 0 radical (unpaired) electrons. The van der Waals surface area contributed by atoms with Crippen molar-refractivity contribution < 1.29 is 18.4 Å². The highest BCUT2D eigenvalue weighted by Gasteiger charge is 2.26. The second-order valence-corrected chi connectivity index (χ2v) is 7.81. The first-order valence-electron chi connectivity index (χ1n) is 10.6. The molecule has 4 rings (SSSR count). The largest absolute Gasteiger partial charge is 0.481 e. The first kappa shape index (κ1) is 22.4. The van der Waals surface area contributed by atoms with E-state index in [1.807, 2.05) is 18.7 Å². The van der Waals surface area contributed by atoms with Gasteiger partial charge in [0.25, 0.3) is 0 Å². The molecule has 3 aromatic rings. The Balaban J connectivity index is 1.43. The van der Waals surface area contributed by atoms with E-state index in [4.69, 9.17) is 19.4 Å². The van der Waals surface area contributed by atoms with Gasteiger partial charge in [-0.1, -0.05) is 19.0 Å². The predicted molar refractivity (Wildman–Crippen MR) is 118 cm³/mol. The Hall–Kier alpha value is -3.83. The van der Waals surface area contributed by atoms with Crippen LogP contribution in [0, 0.1) is 11.2 Å². The maximum atomic E-state index is 14.3. The number of hydrogen-bond acceptors (Lipinski definition) is 11. The third-order valence-corrected chi connectivity index (χ3v) is 5.22. The van der Waals surface area contributed by atoms with E-state index < -0.39 is 5.82 Å². The van der Waals surface area contributed by atoms with Gasteiger partial charge < -0.3 is 29.6 Å². The monoisotopic (exact) mass is 456 g/mol. The second-order valence-electron chi connectivity index (χ2n) is 7.81. The summed E-state index contributed by atoms with van der Waals surface area (Å²) in [5.41, 5.74) is 0.408. The van der Waals surface area contributed by atoms with Crippen LogP contribution in [0.4, 0.5) is 21.9 Å². The summed E-state index contributed by atoms with van der Waals surface area (Å²) in [6.07, 6.45) is 4.98. The number of nitrogens with zero attached hydrogens (tertiary/aromatic N) is 6. The average molecular weight is 456 g/mol. The van der Waals surface area contributed by atoms with Crippen molar-refractivity contribution in [3.63, 3.8) is 0 Å². The maximum Gasteiger partial charge on any atom is 0.324 e. The molecule has 174 valence electrons. The number of anilines is 3. The minimum Gasteiger partial charge on any atom is -0.481 e. The van der Waals surface area contributed by atoms with Crippen molar-refractivity contribution in [3.8, 4) is 11.8 Å². The number of rotatable bonds is 8. The quantitative estimate of drug-likeness (QED) is 0.486. The highest BCUT2D eigenvalue weighted by molar-refractivity contribution is 5.88. The summed E-state index contributed by atoms with van der Waals surface area (Å²) in [5.74, 6) is 0.972. The number of methoxy groups -OCH3 is 1. The number of hydrogen-bond donors (Lipinski definition) is 2. The zero-order chi connectivity index (χ0) is 23.4. The third-order valence-electron chi connectivity index (χ3n) is 5.22. The molecule has 0 saturated carbocycles. The lowest BCUT2D eigenvalue weighted by Crippen LogP contribution is -2.38. The van der Waals surface area contributed by atoms with Gasteiger partial charge in [-0.15, -0.1) is 0 Å². The zero-order valence-corrected chi connectivity index (χ0v) is 18.6. The van der Waals surface area contributed by atoms with E-state index in [1.54, 1.807) is 0 Å². The van der Waals surface area contributed by atoms with Gasteiger partial charge in [-0.2, -0.15) is 4.98 Å². The van der Waals surface area contributed by atoms with Crippen molar-refractivity contribution in [2.75, 3.05) is 30.4 Å². The molecule has 0 aromatic carbocycles. The minimum absolute atomic E-state index is 0.0946. The lowest BCUT2D eigenvalue weighted by atomic mass is 10.1. The van der Waals surface area contributed by atoms with Gasteiger partial charge in [-0.25, -0.2) is 19.3 Å². The maximum absolute atomic E-state index is 14.3. The molecule has 0 bridgehead atoms. The van der Waals surface area contributed by atoms with Gasteiger partial charge in [0.05, 0.1) is 24.6 Å². The molecule has 11 nitrogen and oxygen atoms in total. The number of nitrogens with one attached hydrogen (secondary N) is 2. The van der Waals surface area contributed by atoms with Gasteiger partial charge in [-0.05, 0) is 0 Å². The summed E-state index contributed by atoms with van der Waals surface area (Å²) < 4.78 is 30.7. The van der Waals surface area contributed by atoms with Crippen LogP contribution in [0.1, 0.15) is 44.0 Å². The van der Waals surface area contributed by atoms with Crippen molar-refractivity contribution in [2.24, 2.45) is 0 Å². The molecule has 1 saturated heterocycles. The van der Waals surface area contributed by atoms with Crippen LogP contribution in [0.25, 0.3) is 0 Å². The topological polar surface area (TPSA) is 135 Å². The molecule has 0 amide bonds. The van der Waals surface area contributed by atoms with Crippen LogP contribution >= 0.6 is 0 Å². The smallest absolute Gasteiger partial charge is 0.324 e. The van der Waals surface area contributed by atoms with Crippen molar-refractivity contribution in [2.45, 2.75) is 38.7 Å². The van der Waals surface area contributed by atoms with Crippen molar-refractivity contribution in [1.29, 1.82) is 5.41 Å². The number of halogens is 1. The Bertz CT molecular complexity index is 1110. The van der Waals surface area contributed by atoms with Crippen LogP contribution in [0.3, 0.4) is 0 Å². The van der Waals surface area contributed by atoms with Gasteiger partial charge >= 0.3 is 6.01 Å². The summed E-state index contributed by atoms with van der Waals surface area (Å²) >= 11 is 0. The Morgan fingerprint density at radius 2 is 2.06 bits per heavy atom. The molecule has 1 fully saturated rings. The summed E-state index contributed by atoms with van der Waals surface area (Å²) in [6, 6.07) is 1.67. The number of pyridine rings is 1. The van der Waals surface area contributed by atoms with Gasteiger partial charge in [-0.3, -0.25) is 0 Å². The molecule has 3 aromatic heterocycles. The lowest BCUT2D eigenvalue weighted by molar-refractivity contribution is 0.161. The molecular weight excluding hydrogens is 431 g/mol. The molecule has 0 unspecified atom stereocenters. The summed E-state index contributed by atoms with van der Waals surface area (Å²) in [7, 11) is 1.41. The Labute approximate surface area is 189 Å². The van der Waals surface area contributed by atoms with Crippen LogP contribution in [-0.2, 0) is 0 Å². The highest BCUT2D eigenvalue weighted by atomic mass is 19.1. The first-order chi connectivity index (χ1) is 16.0. The van der Waals surface area contributed by atoms with Crippen LogP contribution < -0.4 is 19.7 Å². The summed E-state index contributed by atoms with van der Waals surface area (Å²) in [6.45, 7) is 5.40. The number of piperidine rings is 1. The molecule has 0 spiro atoms. The minimum atomic E-state index is -0.562. The fraction of sp³-hybridized carbons (Fsp3) is 0.429. The van der Waals surface area contributed by atoms with Crippen LogP contribution in [0.5, 0.6) is 11.8 Å². The predicted octanol–water partition coefficient (Wildman–Crippen LogP) is 3.31. The number of aromatic nitrogens is 5. The molecule has 0 atom stereocenters. The molecule has 12 heteroatoms. The van der Waals surface area contributed by atoms with Crippen LogP contribution in [0.15, 0.2) is 23.1 Å². The van der Waals surface area contributed by atoms with Crippen molar-refractivity contribution in [3.05, 3.63) is 35.8 Å². The van der Waals surface area contributed by atoms with Crippen molar-refractivity contribution in [1.82, 2.24) is 25.1 Å². The summed E-state index contributed by atoms with van der Waals surface area (Å²) in [4.78, 5) is 18.8. The molecule has 0 aliphatic carbocycles. The van der Waals surface area contributed by atoms with E-state index in [0.29, 0.717) is 43.3 Å². The third kappa shape index (κ3) is 4.99. The van der Waals surface area contributed by atoms with E-state index in [-0.39, 0.29) is 35.3 Å². The molecule has 1 aliphatic rings. The molecule has 1 aliphatic heterocycles. The van der Waals surface area contributed by atoms with E-state index >= 15 is 0 Å². The SMILES string of the molecule is COc1cc(F)c(Nc2ncnc(OC3CCN(c4nc(C(C)C)no4)CC3)c2C=N)cn1. The fourth-order valence-electron chi connectivity index (χ4n) is 3.36. The Morgan fingerprint density at radius 3 is 2.70 bits per heavy atom. The zero-order valence-electron chi connectivity index (χ0n) is 18.6.